The van der Waals surface area contributed by atoms with Crippen LogP contribution in [0, 0.1) is 0 Å². The topological polar surface area (TPSA) is 50.9 Å². The molecule has 3 heteroatoms. The summed E-state index contributed by atoms with van der Waals surface area (Å²) < 4.78 is 0. The van der Waals surface area contributed by atoms with Gasteiger partial charge in [0.25, 0.3) is 0 Å². The largest absolute Gasteiger partial charge is 0.323 e. The van der Waals surface area contributed by atoms with E-state index in [1.54, 1.807) is 0 Å². The van der Waals surface area contributed by atoms with Crippen molar-refractivity contribution in [3.8, 4) is 0 Å². The Hall–Kier alpha value is -1.61. The van der Waals surface area contributed by atoms with E-state index >= 15 is 0 Å². The van der Waals surface area contributed by atoms with Crippen molar-refractivity contribution in [2.24, 2.45) is 5.84 Å². The standard InChI is InChI=1S/C16H21N3/c1-16(2,3)12-8-4-7-11-14(19-17)10-6-5-9-13(10)18-15(11)12/h4,7-8H,5-6,9,17H2,1-3H3,(H,18,19). The van der Waals surface area contributed by atoms with Crippen LogP contribution < -0.4 is 11.3 Å². The van der Waals surface area contributed by atoms with Crippen LogP contribution >= 0.6 is 0 Å². The first kappa shape index (κ1) is 12.4. The number of para-hydroxylation sites is 1. The number of nitrogens with two attached hydrogens (primary N) is 1. The molecule has 1 heterocycles. The second kappa shape index (κ2) is 4.20. The molecule has 0 saturated heterocycles. The quantitative estimate of drug-likeness (QED) is 0.607. The molecule has 0 atom stereocenters. The fraction of sp³-hybridized carbons (Fsp3) is 0.438. The highest BCUT2D eigenvalue weighted by Crippen LogP contribution is 2.37. The van der Waals surface area contributed by atoms with Gasteiger partial charge in [0.15, 0.2) is 0 Å². The zero-order valence-corrected chi connectivity index (χ0v) is 11.9. The number of nitrogens with zero attached hydrogens (tertiary/aromatic N) is 1. The second-order valence-corrected chi connectivity index (χ2v) is 6.36. The van der Waals surface area contributed by atoms with Gasteiger partial charge < -0.3 is 5.43 Å². The van der Waals surface area contributed by atoms with Crippen molar-refractivity contribution in [3.63, 3.8) is 0 Å². The molecule has 2 aromatic rings. The van der Waals surface area contributed by atoms with Crippen molar-refractivity contribution in [2.75, 3.05) is 5.43 Å². The van der Waals surface area contributed by atoms with Crippen molar-refractivity contribution in [1.29, 1.82) is 0 Å². The summed E-state index contributed by atoms with van der Waals surface area (Å²) >= 11 is 0. The minimum absolute atomic E-state index is 0.0885. The molecule has 1 aliphatic carbocycles. The SMILES string of the molecule is CC(C)(C)c1cccc2c(NN)c3c(nc12)CCC3. The Balaban J connectivity index is 2.40. The number of rotatable bonds is 1. The molecule has 100 valence electrons. The number of hydrazine groups is 1. The van der Waals surface area contributed by atoms with E-state index < -0.39 is 0 Å². The Morgan fingerprint density at radius 3 is 2.68 bits per heavy atom. The highest BCUT2D eigenvalue weighted by Gasteiger charge is 2.23. The van der Waals surface area contributed by atoms with Gasteiger partial charge in [-0.15, -0.1) is 0 Å². The molecule has 0 bridgehead atoms. The average Bonchev–Trinajstić information content (AvgIpc) is 2.81. The molecular weight excluding hydrogens is 234 g/mol. The molecule has 3 nitrogen and oxygen atoms in total. The highest BCUT2D eigenvalue weighted by molar-refractivity contribution is 5.95. The lowest BCUT2D eigenvalue weighted by Crippen LogP contribution is -2.15. The average molecular weight is 255 g/mol. The third-order valence-corrected chi connectivity index (χ3v) is 3.99. The maximum atomic E-state index is 5.77. The van der Waals surface area contributed by atoms with Gasteiger partial charge in [0.2, 0.25) is 0 Å². The highest BCUT2D eigenvalue weighted by atomic mass is 15.2. The van der Waals surface area contributed by atoms with Gasteiger partial charge >= 0.3 is 0 Å². The number of benzene rings is 1. The molecule has 3 rings (SSSR count). The summed E-state index contributed by atoms with van der Waals surface area (Å²) in [5.74, 6) is 5.77. The van der Waals surface area contributed by atoms with Crippen molar-refractivity contribution in [3.05, 3.63) is 35.0 Å². The number of fused-ring (bicyclic) bond motifs is 2. The molecule has 0 spiro atoms. The molecule has 0 radical (unpaired) electrons. The summed E-state index contributed by atoms with van der Waals surface area (Å²) in [6, 6.07) is 6.40. The second-order valence-electron chi connectivity index (χ2n) is 6.36. The van der Waals surface area contributed by atoms with Gasteiger partial charge in [-0.1, -0.05) is 39.0 Å². The minimum Gasteiger partial charge on any atom is -0.323 e. The van der Waals surface area contributed by atoms with Crippen LogP contribution in [0.25, 0.3) is 10.9 Å². The van der Waals surface area contributed by atoms with Crippen LogP contribution in [-0.4, -0.2) is 4.98 Å². The Labute approximate surface area is 114 Å². The van der Waals surface area contributed by atoms with Crippen LogP contribution in [0.4, 0.5) is 5.69 Å². The molecule has 0 fully saturated rings. The molecule has 19 heavy (non-hydrogen) atoms. The Kier molecular flexibility index (Phi) is 2.75. The first-order valence-corrected chi connectivity index (χ1v) is 6.94. The lowest BCUT2D eigenvalue weighted by atomic mass is 9.85. The minimum atomic E-state index is 0.0885. The summed E-state index contributed by atoms with van der Waals surface area (Å²) in [5, 5.41) is 1.15. The van der Waals surface area contributed by atoms with Crippen LogP contribution in [0.3, 0.4) is 0 Å². The summed E-state index contributed by atoms with van der Waals surface area (Å²) in [5.41, 5.74) is 8.99. The first-order chi connectivity index (χ1) is 9.02. The molecule has 1 aliphatic rings. The molecular formula is C16H21N3. The van der Waals surface area contributed by atoms with Gasteiger partial charge in [0.1, 0.15) is 0 Å². The van der Waals surface area contributed by atoms with E-state index in [9.17, 15) is 0 Å². The van der Waals surface area contributed by atoms with Gasteiger partial charge in [0.05, 0.1) is 11.2 Å². The first-order valence-electron chi connectivity index (χ1n) is 6.94. The normalized spacial score (nSPS) is 14.7. The monoisotopic (exact) mass is 255 g/mol. The smallest absolute Gasteiger partial charge is 0.0764 e. The molecule has 3 N–H and O–H groups in total. The van der Waals surface area contributed by atoms with E-state index in [1.807, 2.05) is 0 Å². The zero-order valence-electron chi connectivity index (χ0n) is 11.9. The molecule has 1 aromatic carbocycles. The molecule has 0 saturated carbocycles. The number of aryl methyl sites for hydroxylation is 1. The van der Waals surface area contributed by atoms with Gasteiger partial charge in [-0.05, 0) is 35.8 Å². The fourth-order valence-electron chi connectivity index (χ4n) is 3.05. The van der Waals surface area contributed by atoms with Crippen LogP contribution in [-0.2, 0) is 18.3 Å². The predicted molar refractivity (Wildman–Crippen MR) is 80.3 cm³/mol. The Bertz CT molecular complexity index is 638. The Morgan fingerprint density at radius 2 is 2.00 bits per heavy atom. The number of hydrogen-bond donors (Lipinski definition) is 2. The predicted octanol–water partition coefficient (Wildman–Crippen LogP) is 3.31. The fourth-order valence-corrected chi connectivity index (χ4v) is 3.05. The molecule has 1 aromatic heterocycles. The third kappa shape index (κ3) is 1.89. The van der Waals surface area contributed by atoms with Crippen molar-refractivity contribution in [2.45, 2.75) is 45.4 Å². The van der Waals surface area contributed by atoms with Gasteiger partial charge in [-0.3, -0.25) is 10.8 Å². The van der Waals surface area contributed by atoms with Crippen LogP contribution in [0.5, 0.6) is 0 Å². The molecule has 0 amide bonds. The number of nitrogen functional groups attached to an aromatic ring is 1. The maximum Gasteiger partial charge on any atom is 0.0764 e. The van der Waals surface area contributed by atoms with E-state index in [1.165, 1.54) is 23.2 Å². The lowest BCUT2D eigenvalue weighted by molar-refractivity contribution is 0.594. The molecule has 0 unspecified atom stereocenters. The Morgan fingerprint density at radius 1 is 1.21 bits per heavy atom. The van der Waals surface area contributed by atoms with E-state index in [4.69, 9.17) is 10.8 Å². The number of pyridine rings is 1. The number of hydrogen-bond acceptors (Lipinski definition) is 3. The van der Waals surface area contributed by atoms with Crippen LogP contribution in [0.2, 0.25) is 0 Å². The van der Waals surface area contributed by atoms with Crippen molar-refractivity contribution < 1.29 is 0 Å². The summed E-state index contributed by atoms with van der Waals surface area (Å²) in [6.45, 7) is 6.69. The summed E-state index contributed by atoms with van der Waals surface area (Å²) in [7, 11) is 0. The number of nitrogens with one attached hydrogen (secondary N) is 1. The van der Waals surface area contributed by atoms with E-state index in [0.717, 1.165) is 29.4 Å². The van der Waals surface area contributed by atoms with E-state index in [-0.39, 0.29) is 5.41 Å². The van der Waals surface area contributed by atoms with Crippen molar-refractivity contribution >= 4 is 16.6 Å². The maximum absolute atomic E-state index is 5.77. The van der Waals surface area contributed by atoms with Crippen molar-refractivity contribution in [1.82, 2.24) is 4.98 Å². The van der Waals surface area contributed by atoms with Crippen LogP contribution in [0.15, 0.2) is 18.2 Å². The number of aromatic nitrogens is 1. The van der Waals surface area contributed by atoms with Gasteiger partial charge in [-0.25, -0.2) is 0 Å². The van der Waals surface area contributed by atoms with E-state index in [0.29, 0.717) is 0 Å². The zero-order chi connectivity index (χ0) is 13.6. The summed E-state index contributed by atoms with van der Waals surface area (Å²) in [4.78, 5) is 4.94. The lowest BCUT2D eigenvalue weighted by Gasteiger charge is -2.22. The van der Waals surface area contributed by atoms with E-state index in [2.05, 4.69) is 44.4 Å². The summed E-state index contributed by atoms with van der Waals surface area (Å²) in [6.07, 6.45) is 3.33. The van der Waals surface area contributed by atoms with Gasteiger partial charge in [-0.2, -0.15) is 0 Å². The third-order valence-electron chi connectivity index (χ3n) is 3.99. The molecule has 0 aliphatic heterocycles. The van der Waals surface area contributed by atoms with Gasteiger partial charge in [0, 0.05) is 11.1 Å². The number of anilines is 1. The van der Waals surface area contributed by atoms with Crippen LogP contribution in [0.1, 0.15) is 44.0 Å².